The van der Waals surface area contributed by atoms with Gasteiger partial charge in [0.25, 0.3) is 0 Å². The van der Waals surface area contributed by atoms with E-state index in [4.69, 9.17) is 9.97 Å². The summed E-state index contributed by atoms with van der Waals surface area (Å²) in [6, 6.07) is 15.9. The van der Waals surface area contributed by atoms with Gasteiger partial charge in [0, 0.05) is 30.7 Å². The van der Waals surface area contributed by atoms with Crippen molar-refractivity contribution in [3.63, 3.8) is 0 Å². The van der Waals surface area contributed by atoms with E-state index in [2.05, 4.69) is 22.0 Å². The highest BCUT2D eigenvalue weighted by Gasteiger charge is 2.16. The van der Waals surface area contributed by atoms with Crippen molar-refractivity contribution in [2.45, 2.75) is 13.8 Å². The van der Waals surface area contributed by atoms with Gasteiger partial charge in [0.05, 0.1) is 16.6 Å². The molecule has 4 aromatic rings. The number of para-hydroxylation sites is 2. The van der Waals surface area contributed by atoms with Crippen molar-refractivity contribution in [3.8, 4) is 0 Å². The zero-order valence-electron chi connectivity index (χ0n) is 15.9. The molecule has 0 radical (unpaired) electrons. The topological polar surface area (TPSA) is 59.8 Å². The molecule has 4 rings (SSSR count). The minimum Gasteiger partial charge on any atom is -0.327 e. The fraction of sp³-hybridized carbons (Fsp3) is 0.136. The van der Waals surface area contributed by atoms with Gasteiger partial charge < -0.3 is 9.88 Å². The molecule has 0 atom stereocenters. The number of aryl methyl sites for hydroxylation is 2. The number of thiazole rings is 1. The van der Waals surface area contributed by atoms with E-state index in [1.165, 1.54) is 6.92 Å². The fourth-order valence-corrected chi connectivity index (χ4v) is 3.93. The number of nitrogens with one attached hydrogen (secondary N) is 1. The van der Waals surface area contributed by atoms with E-state index in [0.717, 1.165) is 44.4 Å². The molecular formula is C22H20N4OS. The van der Waals surface area contributed by atoms with Gasteiger partial charge in [-0.15, -0.1) is 11.3 Å². The van der Waals surface area contributed by atoms with Crippen molar-refractivity contribution in [1.29, 1.82) is 0 Å². The van der Waals surface area contributed by atoms with Gasteiger partial charge in [0.1, 0.15) is 10.8 Å². The van der Waals surface area contributed by atoms with Gasteiger partial charge in [-0.25, -0.2) is 9.97 Å². The van der Waals surface area contributed by atoms with Crippen LogP contribution in [0.25, 0.3) is 22.7 Å². The van der Waals surface area contributed by atoms with E-state index in [9.17, 15) is 4.79 Å². The third-order valence-electron chi connectivity index (χ3n) is 4.42. The Balaban J connectivity index is 1.83. The summed E-state index contributed by atoms with van der Waals surface area (Å²) in [5.41, 5.74) is 5.80. The number of benzene rings is 2. The van der Waals surface area contributed by atoms with Gasteiger partial charge in [-0.05, 0) is 42.8 Å². The zero-order valence-corrected chi connectivity index (χ0v) is 16.7. The first kappa shape index (κ1) is 18.1. The lowest BCUT2D eigenvalue weighted by atomic mass is 10.1. The molecule has 0 aliphatic carbocycles. The Labute approximate surface area is 167 Å². The van der Waals surface area contributed by atoms with E-state index in [-0.39, 0.29) is 5.91 Å². The van der Waals surface area contributed by atoms with Crippen molar-refractivity contribution < 1.29 is 4.79 Å². The minimum atomic E-state index is -0.0815. The maximum atomic E-state index is 11.2. The predicted molar refractivity (Wildman–Crippen MR) is 115 cm³/mol. The second kappa shape index (κ2) is 7.40. The summed E-state index contributed by atoms with van der Waals surface area (Å²) in [6.07, 6.45) is 2.09. The highest BCUT2D eigenvalue weighted by Crippen LogP contribution is 2.30. The fourth-order valence-electron chi connectivity index (χ4n) is 3.12. The molecule has 0 saturated carbocycles. The number of anilines is 1. The lowest BCUT2D eigenvalue weighted by Crippen LogP contribution is -2.05. The highest BCUT2D eigenvalue weighted by atomic mass is 32.1. The van der Waals surface area contributed by atoms with E-state index in [0.29, 0.717) is 0 Å². The second-order valence-corrected chi connectivity index (χ2v) is 7.50. The van der Waals surface area contributed by atoms with Gasteiger partial charge >= 0.3 is 0 Å². The third kappa shape index (κ3) is 3.59. The molecule has 28 heavy (non-hydrogen) atoms. The first-order valence-corrected chi connectivity index (χ1v) is 9.83. The Morgan fingerprint density at radius 1 is 1.11 bits per heavy atom. The maximum Gasteiger partial charge on any atom is 0.221 e. The Bertz CT molecular complexity index is 1180. The Morgan fingerprint density at radius 2 is 1.86 bits per heavy atom. The number of carbonyl (C=O) groups is 1. The molecule has 0 bridgehead atoms. The minimum absolute atomic E-state index is 0.0815. The monoisotopic (exact) mass is 388 g/mol. The smallest absolute Gasteiger partial charge is 0.221 e. The highest BCUT2D eigenvalue weighted by molar-refractivity contribution is 7.11. The Kier molecular flexibility index (Phi) is 4.79. The molecule has 1 amide bonds. The SMILES string of the molecule is CC(=O)Nc1ccc(C=C(c2nc(C)cs2)c2nc3ccccc3n2C)cc1. The van der Waals surface area contributed by atoms with Crippen molar-refractivity contribution in [2.75, 3.05) is 5.32 Å². The number of nitrogens with zero attached hydrogens (tertiary/aromatic N) is 3. The van der Waals surface area contributed by atoms with Crippen molar-refractivity contribution in [2.24, 2.45) is 7.05 Å². The first-order valence-electron chi connectivity index (χ1n) is 8.95. The van der Waals surface area contributed by atoms with Crippen LogP contribution in [0.4, 0.5) is 5.69 Å². The van der Waals surface area contributed by atoms with Crippen LogP contribution >= 0.6 is 11.3 Å². The molecule has 5 nitrogen and oxygen atoms in total. The van der Waals surface area contributed by atoms with Crippen LogP contribution in [-0.4, -0.2) is 20.4 Å². The number of rotatable bonds is 4. The van der Waals surface area contributed by atoms with Crippen LogP contribution in [0.1, 0.15) is 29.0 Å². The number of amides is 1. The lowest BCUT2D eigenvalue weighted by Gasteiger charge is -2.07. The number of aromatic nitrogens is 3. The molecular weight excluding hydrogens is 368 g/mol. The number of hydrogen-bond acceptors (Lipinski definition) is 4. The zero-order chi connectivity index (χ0) is 19.7. The molecule has 0 fully saturated rings. The molecule has 0 aliphatic heterocycles. The van der Waals surface area contributed by atoms with Crippen LogP contribution in [0.5, 0.6) is 0 Å². The Morgan fingerprint density at radius 3 is 2.50 bits per heavy atom. The van der Waals surface area contributed by atoms with Gasteiger partial charge in [-0.3, -0.25) is 4.79 Å². The molecule has 0 saturated heterocycles. The molecule has 0 aliphatic rings. The second-order valence-electron chi connectivity index (χ2n) is 6.64. The van der Waals surface area contributed by atoms with Gasteiger partial charge in [0.2, 0.25) is 5.91 Å². The van der Waals surface area contributed by atoms with E-state index >= 15 is 0 Å². The van der Waals surface area contributed by atoms with Crippen LogP contribution in [0.2, 0.25) is 0 Å². The normalized spacial score (nSPS) is 11.8. The number of imidazole rings is 1. The van der Waals surface area contributed by atoms with Crippen LogP contribution in [-0.2, 0) is 11.8 Å². The summed E-state index contributed by atoms with van der Waals surface area (Å²) in [7, 11) is 2.03. The predicted octanol–water partition coefficient (Wildman–Crippen LogP) is 4.89. The summed E-state index contributed by atoms with van der Waals surface area (Å²) < 4.78 is 2.10. The van der Waals surface area contributed by atoms with E-state index in [1.54, 1.807) is 11.3 Å². The van der Waals surface area contributed by atoms with Crippen LogP contribution < -0.4 is 5.32 Å². The van der Waals surface area contributed by atoms with Crippen molar-refractivity contribution in [3.05, 3.63) is 76.0 Å². The molecule has 2 aromatic carbocycles. The van der Waals surface area contributed by atoms with Crippen LogP contribution in [0, 0.1) is 6.92 Å². The summed E-state index contributed by atoms with van der Waals surface area (Å²) in [5.74, 6) is 0.795. The molecule has 2 heterocycles. The van der Waals surface area contributed by atoms with E-state index < -0.39 is 0 Å². The van der Waals surface area contributed by atoms with Crippen LogP contribution in [0.15, 0.2) is 53.9 Å². The average molecular weight is 388 g/mol. The summed E-state index contributed by atoms with van der Waals surface area (Å²) >= 11 is 1.61. The van der Waals surface area contributed by atoms with Crippen molar-refractivity contribution >= 4 is 45.6 Å². The van der Waals surface area contributed by atoms with Gasteiger partial charge in [-0.1, -0.05) is 24.3 Å². The average Bonchev–Trinajstić information content (AvgIpc) is 3.25. The largest absolute Gasteiger partial charge is 0.327 e. The first-order chi connectivity index (χ1) is 13.5. The van der Waals surface area contributed by atoms with E-state index in [1.807, 2.05) is 61.8 Å². The molecule has 1 N–H and O–H groups in total. The third-order valence-corrected chi connectivity index (χ3v) is 5.41. The molecule has 0 unspecified atom stereocenters. The number of fused-ring (bicyclic) bond motifs is 1. The molecule has 2 aromatic heterocycles. The Hall–Kier alpha value is -3.25. The summed E-state index contributed by atoms with van der Waals surface area (Å²) in [4.78, 5) is 20.8. The lowest BCUT2D eigenvalue weighted by molar-refractivity contribution is -0.114. The van der Waals surface area contributed by atoms with Crippen LogP contribution in [0.3, 0.4) is 0 Å². The summed E-state index contributed by atoms with van der Waals surface area (Å²) in [6.45, 7) is 3.50. The number of hydrogen-bond donors (Lipinski definition) is 1. The standard InChI is InChI=1S/C22H20N4OS/c1-14-13-28-22(23-14)18(12-16-8-10-17(11-9-16)24-15(2)27)21-25-19-6-4-5-7-20(19)26(21)3/h4-13H,1-3H3,(H,24,27). The number of carbonyl (C=O) groups excluding carboxylic acids is 1. The summed E-state index contributed by atoms with van der Waals surface area (Å²) in [5, 5.41) is 5.77. The quantitative estimate of drug-likeness (QED) is 0.542. The molecule has 6 heteroatoms. The maximum absolute atomic E-state index is 11.2. The molecule has 140 valence electrons. The van der Waals surface area contributed by atoms with Crippen molar-refractivity contribution in [1.82, 2.24) is 14.5 Å². The van der Waals surface area contributed by atoms with Gasteiger partial charge in [0.15, 0.2) is 0 Å². The van der Waals surface area contributed by atoms with Gasteiger partial charge in [-0.2, -0.15) is 0 Å². The molecule has 0 spiro atoms.